The molecule has 0 aliphatic heterocycles. The molecule has 0 aliphatic rings. The summed E-state index contributed by atoms with van der Waals surface area (Å²) in [4.78, 5) is 32.9. The summed E-state index contributed by atoms with van der Waals surface area (Å²) >= 11 is 0. The van der Waals surface area contributed by atoms with Gasteiger partial charge in [-0.25, -0.2) is 13.4 Å². The van der Waals surface area contributed by atoms with Crippen LogP contribution in [0, 0.1) is 0 Å². The lowest BCUT2D eigenvalue weighted by atomic mass is 10.3. The van der Waals surface area contributed by atoms with Crippen molar-refractivity contribution in [3.05, 3.63) is 77.1 Å². The molecule has 1 N–H and O–H groups in total. The molecule has 0 fully saturated rings. The van der Waals surface area contributed by atoms with E-state index < -0.39 is 21.5 Å². The van der Waals surface area contributed by atoms with Gasteiger partial charge in [0.05, 0.1) is 4.90 Å². The van der Waals surface area contributed by atoms with Gasteiger partial charge in [0.25, 0.3) is 5.56 Å². The Labute approximate surface area is 191 Å². The zero-order valence-electron chi connectivity index (χ0n) is 18.3. The highest BCUT2D eigenvalue weighted by Crippen LogP contribution is 2.22. The minimum Gasteiger partial charge on any atom is -0.485 e. The third kappa shape index (κ3) is 6.02. The van der Waals surface area contributed by atoms with Crippen LogP contribution in [-0.2, 0) is 28.0 Å². The predicted octanol–water partition coefficient (Wildman–Crippen LogP) is 1.89. The Balaban J connectivity index is 1.75. The molecule has 1 amide bonds. The van der Waals surface area contributed by atoms with Crippen molar-refractivity contribution in [1.82, 2.24) is 18.8 Å². The summed E-state index contributed by atoms with van der Waals surface area (Å²) < 4.78 is 33.6. The number of amides is 1. The number of carbonyl (C=O) groups is 1. The van der Waals surface area contributed by atoms with E-state index in [4.69, 9.17) is 4.74 Å². The van der Waals surface area contributed by atoms with Crippen LogP contribution in [0.15, 0.2) is 70.9 Å². The van der Waals surface area contributed by atoms with Crippen molar-refractivity contribution in [3.63, 3.8) is 0 Å². The molecule has 0 saturated carbocycles. The first-order valence-corrected chi connectivity index (χ1v) is 11.8. The van der Waals surface area contributed by atoms with Crippen LogP contribution in [-0.4, -0.2) is 46.3 Å². The molecule has 3 rings (SSSR count). The molecule has 0 aliphatic carbocycles. The van der Waals surface area contributed by atoms with Gasteiger partial charge in [-0.3, -0.25) is 14.6 Å². The lowest BCUT2D eigenvalue weighted by Crippen LogP contribution is -2.33. The van der Waals surface area contributed by atoms with Gasteiger partial charge < -0.3 is 14.6 Å². The first kappa shape index (κ1) is 24.1. The fourth-order valence-corrected chi connectivity index (χ4v) is 4.54. The fourth-order valence-electron chi connectivity index (χ4n) is 3.07. The standard InChI is InChI=1S/C22H25N5O5S/c1-3-27(4-2)33(30,31)18-7-8-21(29)26(14-18)15-20(28)25-22-19(6-5-11-24-22)32-16-17-9-12-23-13-10-17/h5-14H,3-4,15-16H2,1-2H3,(H,24,25,28). The first-order chi connectivity index (χ1) is 15.8. The van der Waals surface area contributed by atoms with Crippen LogP contribution in [0.25, 0.3) is 0 Å². The zero-order chi connectivity index (χ0) is 23.8. The Kier molecular flexibility index (Phi) is 7.91. The Hall–Kier alpha value is -3.57. The van der Waals surface area contributed by atoms with Crippen molar-refractivity contribution < 1.29 is 17.9 Å². The van der Waals surface area contributed by atoms with E-state index >= 15 is 0 Å². The van der Waals surface area contributed by atoms with Crippen molar-refractivity contribution >= 4 is 21.7 Å². The molecule has 0 spiro atoms. The second kappa shape index (κ2) is 10.8. The highest BCUT2D eigenvalue weighted by Gasteiger charge is 2.22. The number of nitrogens with zero attached hydrogens (tertiary/aromatic N) is 4. The van der Waals surface area contributed by atoms with E-state index in [0.29, 0.717) is 18.8 Å². The fraction of sp³-hybridized carbons (Fsp3) is 0.273. The summed E-state index contributed by atoms with van der Waals surface area (Å²) in [5.41, 5.74) is 0.391. The third-order valence-electron chi connectivity index (χ3n) is 4.79. The molecular weight excluding hydrogens is 446 g/mol. The van der Waals surface area contributed by atoms with E-state index in [1.165, 1.54) is 22.8 Å². The SMILES string of the molecule is CCN(CC)S(=O)(=O)c1ccc(=O)n(CC(=O)Nc2ncccc2OCc2ccncc2)c1. The number of sulfonamides is 1. The summed E-state index contributed by atoms with van der Waals surface area (Å²) in [6.45, 7) is 3.90. The molecule has 10 nitrogen and oxygen atoms in total. The molecule has 0 bridgehead atoms. The van der Waals surface area contributed by atoms with Crippen molar-refractivity contribution in [2.45, 2.75) is 31.9 Å². The topological polar surface area (TPSA) is 123 Å². The number of ether oxygens (including phenoxy) is 1. The lowest BCUT2D eigenvalue weighted by molar-refractivity contribution is -0.116. The molecule has 174 valence electrons. The lowest BCUT2D eigenvalue weighted by Gasteiger charge is -2.19. The number of nitrogens with one attached hydrogen (secondary N) is 1. The van der Waals surface area contributed by atoms with Gasteiger partial charge in [-0.2, -0.15) is 4.31 Å². The number of pyridine rings is 3. The zero-order valence-corrected chi connectivity index (χ0v) is 19.2. The molecule has 0 unspecified atom stereocenters. The van der Waals surface area contributed by atoms with E-state index in [9.17, 15) is 18.0 Å². The highest BCUT2D eigenvalue weighted by atomic mass is 32.2. The molecule has 0 radical (unpaired) electrons. The predicted molar refractivity (Wildman–Crippen MR) is 122 cm³/mol. The van der Waals surface area contributed by atoms with E-state index in [-0.39, 0.29) is 23.9 Å². The summed E-state index contributed by atoms with van der Waals surface area (Å²) in [5.74, 6) is -0.00802. The maximum atomic E-state index is 12.7. The van der Waals surface area contributed by atoms with Crippen LogP contribution in [0.3, 0.4) is 0 Å². The number of anilines is 1. The van der Waals surface area contributed by atoms with E-state index in [0.717, 1.165) is 16.2 Å². The molecule has 3 heterocycles. The average molecular weight is 472 g/mol. The van der Waals surface area contributed by atoms with Crippen molar-refractivity contribution in [3.8, 4) is 5.75 Å². The van der Waals surface area contributed by atoms with Gasteiger partial charge in [0.2, 0.25) is 15.9 Å². The minimum atomic E-state index is -3.77. The van der Waals surface area contributed by atoms with Crippen LogP contribution in [0.2, 0.25) is 0 Å². The Morgan fingerprint density at radius 1 is 1.09 bits per heavy atom. The highest BCUT2D eigenvalue weighted by molar-refractivity contribution is 7.89. The Morgan fingerprint density at radius 3 is 2.52 bits per heavy atom. The summed E-state index contributed by atoms with van der Waals surface area (Å²) in [6, 6.07) is 9.32. The van der Waals surface area contributed by atoms with E-state index in [2.05, 4.69) is 15.3 Å². The second-order valence-electron chi connectivity index (χ2n) is 6.96. The normalized spacial score (nSPS) is 11.4. The number of hydrogen-bond donors (Lipinski definition) is 1. The smallest absolute Gasteiger partial charge is 0.251 e. The van der Waals surface area contributed by atoms with Gasteiger partial charge in [-0.1, -0.05) is 13.8 Å². The van der Waals surface area contributed by atoms with Gasteiger partial charge in [-0.15, -0.1) is 0 Å². The molecule has 0 aromatic carbocycles. The van der Waals surface area contributed by atoms with Crippen molar-refractivity contribution in [2.24, 2.45) is 0 Å². The third-order valence-corrected chi connectivity index (χ3v) is 6.82. The van der Waals surface area contributed by atoms with E-state index in [1.807, 2.05) is 0 Å². The maximum absolute atomic E-state index is 12.7. The first-order valence-electron chi connectivity index (χ1n) is 10.3. The van der Waals surface area contributed by atoms with Crippen LogP contribution < -0.4 is 15.6 Å². The van der Waals surface area contributed by atoms with Gasteiger partial charge in [0.15, 0.2) is 11.6 Å². The van der Waals surface area contributed by atoms with Gasteiger partial charge in [0.1, 0.15) is 13.2 Å². The molecule has 0 atom stereocenters. The molecule has 3 aromatic rings. The van der Waals surface area contributed by atoms with E-state index in [1.54, 1.807) is 50.5 Å². The largest absolute Gasteiger partial charge is 0.485 e. The maximum Gasteiger partial charge on any atom is 0.251 e. The van der Waals surface area contributed by atoms with Crippen LogP contribution in [0.5, 0.6) is 5.75 Å². The van der Waals surface area contributed by atoms with Gasteiger partial charge >= 0.3 is 0 Å². The molecule has 11 heteroatoms. The second-order valence-corrected chi connectivity index (χ2v) is 8.90. The minimum absolute atomic E-state index is 0.0576. The molecule has 0 saturated heterocycles. The molecule has 3 aromatic heterocycles. The van der Waals surface area contributed by atoms with Crippen molar-refractivity contribution in [1.29, 1.82) is 0 Å². The van der Waals surface area contributed by atoms with Crippen molar-refractivity contribution in [2.75, 3.05) is 18.4 Å². The monoisotopic (exact) mass is 471 g/mol. The number of carbonyl (C=O) groups excluding carboxylic acids is 1. The van der Waals surface area contributed by atoms with Crippen LogP contribution in [0.1, 0.15) is 19.4 Å². The summed E-state index contributed by atoms with van der Waals surface area (Å²) in [5, 5.41) is 2.62. The van der Waals surface area contributed by atoms with Crippen LogP contribution in [0.4, 0.5) is 5.82 Å². The van der Waals surface area contributed by atoms with Crippen LogP contribution >= 0.6 is 0 Å². The summed E-state index contributed by atoms with van der Waals surface area (Å²) in [6.07, 6.45) is 5.97. The average Bonchev–Trinajstić information content (AvgIpc) is 2.81. The summed E-state index contributed by atoms with van der Waals surface area (Å²) in [7, 11) is -3.77. The number of hydrogen-bond acceptors (Lipinski definition) is 7. The molecule has 33 heavy (non-hydrogen) atoms. The quantitative estimate of drug-likeness (QED) is 0.479. The van der Waals surface area contributed by atoms with Gasteiger partial charge in [0, 0.05) is 43.9 Å². The van der Waals surface area contributed by atoms with Gasteiger partial charge in [-0.05, 0) is 35.9 Å². The number of aromatic nitrogens is 3. The Bertz CT molecular complexity index is 1260. The molecular formula is C22H25N5O5S. The number of rotatable bonds is 10. The Morgan fingerprint density at radius 2 is 1.82 bits per heavy atom.